The summed E-state index contributed by atoms with van der Waals surface area (Å²) < 4.78 is 12.2. The van der Waals surface area contributed by atoms with E-state index < -0.39 is 8.68 Å². The highest BCUT2D eigenvalue weighted by Gasteiger charge is 2.17. The summed E-state index contributed by atoms with van der Waals surface area (Å²) in [6.07, 6.45) is 3.00. The summed E-state index contributed by atoms with van der Waals surface area (Å²) in [6, 6.07) is 15.8. The summed E-state index contributed by atoms with van der Waals surface area (Å²) in [4.78, 5) is 17.9. The molecule has 0 aliphatic carbocycles. The van der Waals surface area contributed by atoms with Crippen LogP contribution < -0.4 is 10.0 Å². The lowest BCUT2D eigenvalue weighted by Gasteiger charge is -2.36. The summed E-state index contributed by atoms with van der Waals surface area (Å²) >= 11 is 4.95. The zero-order valence-electron chi connectivity index (χ0n) is 17.6. The van der Waals surface area contributed by atoms with Crippen LogP contribution in [0.25, 0.3) is 0 Å². The second-order valence-corrected chi connectivity index (χ2v) is 10.8. The van der Waals surface area contributed by atoms with E-state index in [1.165, 1.54) is 5.69 Å². The molecule has 7 heteroatoms. The van der Waals surface area contributed by atoms with Crippen molar-refractivity contribution in [2.24, 2.45) is 5.14 Å². The van der Waals surface area contributed by atoms with Crippen LogP contribution >= 0.6 is 0 Å². The normalized spacial score (nSPS) is 16.9. The Kier molecular flexibility index (Phi) is 7.99. The molecule has 2 N–H and O–H groups in total. The quantitative estimate of drug-likeness (QED) is 0.473. The number of nitrogens with zero attached hydrogens (tertiary/aromatic N) is 2. The van der Waals surface area contributed by atoms with Gasteiger partial charge in [0, 0.05) is 55.0 Å². The number of carbonyl (C=O) groups excluding carboxylic acids is 1. The zero-order valence-corrected chi connectivity index (χ0v) is 19.2. The predicted molar refractivity (Wildman–Crippen MR) is 127 cm³/mol. The van der Waals surface area contributed by atoms with E-state index >= 15 is 0 Å². The number of carbonyl (C=O) groups is 1. The van der Waals surface area contributed by atoms with Crippen molar-refractivity contribution in [3.8, 4) is 0 Å². The van der Waals surface area contributed by atoms with E-state index in [4.69, 9.17) is 16.3 Å². The van der Waals surface area contributed by atoms with Gasteiger partial charge in [-0.15, -0.1) is 0 Å². The average molecular weight is 446 g/mol. The van der Waals surface area contributed by atoms with Gasteiger partial charge in [0.15, 0.2) is 5.78 Å². The van der Waals surface area contributed by atoms with Gasteiger partial charge in [-0.05, 0) is 49.6 Å². The minimum absolute atomic E-state index is 0.0615. The first-order chi connectivity index (χ1) is 14.4. The minimum Gasteiger partial charge on any atom is -0.369 e. The number of aryl methyl sites for hydroxylation is 1. The Morgan fingerprint density at radius 1 is 1.07 bits per heavy atom. The molecular weight excluding hydrogens is 414 g/mol. The molecule has 2 aromatic carbocycles. The molecule has 0 amide bonds. The second kappa shape index (κ2) is 10.5. The number of para-hydroxylation sites is 1. The molecule has 1 fully saturated rings. The SMILES string of the molecule is CCc1ccc(C(=O)CCCCN2CCN(c3ccccc3)CC2)cc1S(N)(=O)=S. The van der Waals surface area contributed by atoms with E-state index in [-0.39, 0.29) is 5.78 Å². The number of anilines is 1. The number of unbranched alkanes of at least 4 members (excludes halogenated alkanes) is 1. The smallest absolute Gasteiger partial charge is 0.162 e. The van der Waals surface area contributed by atoms with Crippen LogP contribution in [0.2, 0.25) is 0 Å². The third-order valence-electron chi connectivity index (χ3n) is 5.70. The van der Waals surface area contributed by atoms with Crippen LogP contribution in [0.4, 0.5) is 5.69 Å². The molecule has 3 rings (SSSR count). The topological polar surface area (TPSA) is 66.6 Å². The molecule has 1 aliphatic rings. The largest absolute Gasteiger partial charge is 0.369 e. The van der Waals surface area contributed by atoms with Gasteiger partial charge in [0.2, 0.25) is 0 Å². The Bertz CT molecular complexity index is 954. The molecule has 1 aliphatic heterocycles. The van der Waals surface area contributed by atoms with E-state index in [0.717, 1.165) is 51.1 Å². The molecule has 1 unspecified atom stereocenters. The van der Waals surface area contributed by atoms with Gasteiger partial charge in [-0.3, -0.25) is 9.69 Å². The number of piperazine rings is 1. The molecule has 1 heterocycles. The van der Waals surface area contributed by atoms with Gasteiger partial charge in [-0.1, -0.05) is 37.3 Å². The molecule has 2 aromatic rings. The molecule has 162 valence electrons. The number of hydrogen-bond donors (Lipinski definition) is 1. The van der Waals surface area contributed by atoms with Crippen molar-refractivity contribution >= 4 is 31.3 Å². The second-order valence-electron chi connectivity index (χ2n) is 7.77. The molecule has 0 saturated carbocycles. The number of Topliss-reactive ketones (excluding diaryl/α,β-unsaturated/α-hetero) is 1. The molecular formula is C23H31N3O2S2. The summed E-state index contributed by atoms with van der Waals surface area (Å²) in [5, 5.41) is 5.68. The summed E-state index contributed by atoms with van der Waals surface area (Å²) in [5.41, 5.74) is 2.70. The van der Waals surface area contributed by atoms with Crippen LogP contribution in [0.3, 0.4) is 0 Å². The minimum atomic E-state index is -3.00. The van der Waals surface area contributed by atoms with Crippen molar-refractivity contribution in [1.82, 2.24) is 4.90 Å². The molecule has 30 heavy (non-hydrogen) atoms. The summed E-state index contributed by atoms with van der Waals surface area (Å²) in [6.45, 7) is 7.14. The Labute approximate surface area is 185 Å². The van der Waals surface area contributed by atoms with Crippen molar-refractivity contribution in [1.29, 1.82) is 0 Å². The number of hydrogen-bond acceptors (Lipinski definition) is 5. The van der Waals surface area contributed by atoms with Crippen LogP contribution in [0.1, 0.15) is 42.1 Å². The van der Waals surface area contributed by atoms with Crippen LogP contribution in [0.5, 0.6) is 0 Å². The number of benzene rings is 2. The third-order valence-corrected chi connectivity index (χ3v) is 7.23. The fraction of sp³-hybridized carbons (Fsp3) is 0.435. The van der Waals surface area contributed by atoms with Gasteiger partial charge >= 0.3 is 0 Å². The van der Waals surface area contributed by atoms with Crippen molar-refractivity contribution < 1.29 is 9.00 Å². The maximum Gasteiger partial charge on any atom is 0.162 e. The van der Waals surface area contributed by atoms with E-state index in [0.29, 0.717) is 23.3 Å². The first-order valence-corrected chi connectivity index (χ1v) is 13.1. The van der Waals surface area contributed by atoms with Crippen molar-refractivity contribution in [3.05, 3.63) is 59.7 Å². The van der Waals surface area contributed by atoms with Gasteiger partial charge in [0.25, 0.3) is 0 Å². The Morgan fingerprint density at radius 2 is 1.77 bits per heavy atom. The number of ketones is 1. The first kappa shape index (κ1) is 22.9. The average Bonchev–Trinajstić information content (AvgIpc) is 2.76. The summed E-state index contributed by atoms with van der Waals surface area (Å²) in [5.74, 6) is 0.0615. The molecule has 0 spiro atoms. The van der Waals surface area contributed by atoms with E-state index in [1.807, 2.05) is 19.1 Å². The highest BCUT2D eigenvalue weighted by atomic mass is 32.8. The standard InChI is InChI=1S/C23H31N3O2S2/c1-2-19-11-12-20(18-23(19)30(24,28)29)22(27)10-6-7-13-25-14-16-26(17-15-25)21-8-4-3-5-9-21/h3-5,8-9,11-12,18H,2,6-7,10,13-17H2,1H3,(H2,24,28,29). The van der Waals surface area contributed by atoms with Crippen LogP contribution in [-0.2, 0) is 26.3 Å². The van der Waals surface area contributed by atoms with Crippen LogP contribution in [0.15, 0.2) is 53.4 Å². The zero-order chi connectivity index (χ0) is 21.6. The monoisotopic (exact) mass is 445 g/mol. The molecule has 0 radical (unpaired) electrons. The predicted octanol–water partition coefficient (Wildman–Crippen LogP) is 3.40. The molecule has 5 nitrogen and oxygen atoms in total. The fourth-order valence-corrected chi connectivity index (χ4v) is 5.25. The van der Waals surface area contributed by atoms with Crippen molar-refractivity contribution in [3.63, 3.8) is 0 Å². The highest BCUT2D eigenvalue weighted by molar-refractivity contribution is 8.31. The number of nitrogens with two attached hydrogens (primary N) is 1. The third kappa shape index (κ3) is 6.11. The lowest BCUT2D eigenvalue weighted by molar-refractivity contribution is 0.0977. The highest BCUT2D eigenvalue weighted by Crippen LogP contribution is 2.20. The Hall–Kier alpha value is -1.80. The van der Waals surface area contributed by atoms with Crippen molar-refractivity contribution in [2.45, 2.75) is 37.5 Å². The van der Waals surface area contributed by atoms with Gasteiger partial charge in [0.1, 0.15) is 8.68 Å². The molecule has 1 saturated heterocycles. The van der Waals surface area contributed by atoms with E-state index in [1.54, 1.807) is 12.1 Å². The van der Waals surface area contributed by atoms with Crippen LogP contribution in [-0.4, -0.2) is 47.6 Å². The summed E-state index contributed by atoms with van der Waals surface area (Å²) in [7, 11) is -3.00. The van der Waals surface area contributed by atoms with Gasteiger partial charge < -0.3 is 4.90 Å². The molecule has 1 atom stereocenters. The maximum atomic E-state index is 12.6. The van der Waals surface area contributed by atoms with Gasteiger partial charge in [-0.2, -0.15) is 0 Å². The fourth-order valence-electron chi connectivity index (χ4n) is 3.92. The van der Waals surface area contributed by atoms with Crippen molar-refractivity contribution in [2.75, 3.05) is 37.6 Å². The van der Waals surface area contributed by atoms with Gasteiger partial charge in [-0.25, -0.2) is 9.35 Å². The lowest BCUT2D eigenvalue weighted by atomic mass is 10.0. The number of rotatable bonds is 9. The van der Waals surface area contributed by atoms with Crippen LogP contribution in [0, 0.1) is 0 Å². The van der Waals surface area contributed by atoms with E-state index in [9.17, 15) is 9.00 Å². The van der Waals surface area contributed by atoms with Gasteiger partial charge in [0.05, 0.1) is 4.90 Å². The maximum absolute atomic E-state index is 12.6. The first-order valence-electron chi connectivity index (χ1n) is 10.6. The molecule has 0 bridgehead atoms. The van der Waals surface area contributed by atoms with E-state index in [2.05, 4.69) is 34.1 Å². The Balaban J connectivity index is 1.43. The Morgan fingerprint density at radius 3 is 2.40 bits per heavy atom. The molecule has 0 aromatic heterocycles. The lowest BCUT2D eigenvalue weighted by Crippen LogP contribution is -2.46.